The maximum atomic E-state index is 10.9. The molecule has 1 amide bonds. The maximum absolute atomic E-state index is 10.9. The second-order valence-electron chi connectivity index (χ2n) is 2.63. The molecule has 0 saturated heterocycles. The van der Waals surface area contributed by atoms with Gasteiger partial charge in [0.2, 0.25) is 0 Å². The van der Waals surface area contributed by atoms with Crippen molar-refractivity contribution in [2.24, 2.45) is 0 Å². The van der Waals surface area contributed by atoms with Crippen LogP contribution in [-0.4, -0.2) is 25.3 Å². The van der Waals surface area contributed by atoms with Crippen molar-refractivity contribution in [3.05, 3.63) is 6.07 Å². The fraction of sp³-hybridized carbons (Fsp3) is 0.250. The number of aromatic nitrogens is 1. The quantitative estimate of drug-likeness (QED) is 0.655. The first-order valence-electron chi connectivity index (χ1n) is 4.03. The van der Waals surface area contributed by atoms with Crippen LogP contribution in [0.1, 0.15) is 0 Å². The molecule has 0 spiro atoms. The molecule has 1 rings (SSSR count). The highest BCUT2D eigenvalue weighted by molar-refractivity contribution is 5.86. The summed E-state index contributed by atoms with van der Waals surface area (Å²) in [5.41, 5.74) is 11.3. The number of nitrogens with zero attached hydrogens (tertiary/aromatic N) is 1. The van der Waals surface area contributed by atoms with Gasteiger partial charge < -0.3 is 20.9 Å². The summed E-state index contributed by atoms with van der Waals surface area (Å²) in [6.45, 7) is 0. The van der Waals surface area contributed by atoms with E-state index >= 15 is 0 Å². The monoisotopic (exact) mass is 212 g/mol. The topological polar surface area (TPSA) is 112 Å². The predicted octanol–water partition coefficient (Wildman–Crippen LogP) is 0.433. The van der Waals surface area contributed by atoms with Crippen molar-refractivity contribution in [3.63, 3.8) is 0 Å². The number of methoxy groups -OCH3 is 2. The van der Waals surface area contributed by atoms with Crippen molar-refractivity contribution >= 4 is 23.4 Å². The third-order valence-electron chi connectivity index (χ3n) is 1.67. The number of hydrogen-bond donors (Lipinski definition) is 3. The molecule has 0 unspecified atom stereocenters. The van der Waals surface area contributed by atoms with Gasteiger partial charge in [-0.25, -0.2) is 9.78 Å². The van der Waals surface area contributed by atoms with Crippen LogP contribution in [0.25, 0.3) is 0 Å². The second kappa shape index (κ2) is 4.36. The molecule has 0 saturated carbocycles. The van der Waals surface area contributed by atoms with Crippen molar-refractivity contribution in [1.82, 2.24) is 4.98 Å². The van der Waals surface area contributed by atoms with Gasteiger partial charge in [0.15, 0.2) is 11.6 Å². The molecule has 15 heavy (non-hydrogen) atoms. The number of hydrogen-bond acceptors (Lipinski definition) is 6. The Morgan fingerprint density at radius 2 is 2.13 bits per heavy atom. The van der Waals surface area contributed by atoms with Crippen molar-refractivity contribution in [3.8, 4) is 5.75 Å². The molecule has 82 valence electrons. The molecule has 0 aliphatic heterocycles. The number of carbonyl (C=O) groups excluding carboxylic acids is 1. The van der Waals surface area contributed by atoms with Gasteiger partial charge in [0.05, 0.1) is 19.9 Å². The number of anilines is 3. The molecule has 1 aromatic heterocycles. The summed E-state index contributed by atoms with van der Waals surface area (Å²) in [7, 11) is 2.66. The molecule has 7 nitrogen and oxygen atoms in total. The zero-order valence-electron chi connectivity index (χ0n) is 8.40. The molecule has 0 atom stereocenters. The summed E-state index contributed by atoms with van der Waals surface area (Å²) in [5, 5.41) is 2.35. The summed E-state index contributed by atoms with van der Waals surface area (Å²) < 4.78 is 9.36. The van der Waals surface area contributed by atoms with Gasteiger partial charge in [-0.3, -0.25) is 5.32 Å². The van der Waals surface area contributed by atoms with E-state index in [1.165, 1.54) is 20.3 Å². The predicted molar refractivity (Wildman–Crippen MR) is 55.6 cm³/mol. The lowest BCUT2D eigenvalue weighted by Gasteiger charge is -2.10. The molecular weight excluding hydrogens is 200 g/mol. The average molecular weight is 212 g/mol. The number of nitrogen functional groups attached to an aromatic ring is 2. The first-order chi connectivity index (χ1) is 7.08. The molecular formula is C8H12N4O3. The highest BCUT2D eigenvalue weighted by Gasteiger charge is 2.11. The largest absolute Gasteiger partial charge is 0.493 e. The lowest BCUT2D eigenvalue weighted by atomic mass is 10.3. The van der Waals surface area contributed by atoms with Crippen molar-refractivity contribution in [1.29, 1.82) is 0 Å². The first-order valence-corrected chi connectivity index (χ1v) is 4.03. The minimum absolute atomic E-state index is 0.113. The van der Waals surface area contributed by atoms with Crippen LogP contribution in [0.4, 0.5) is 22.1 Å². The van der Waals surface area contributed by atoms with Crippen LogP contribution in [-0.2, 0) is 4.74 Å². The molecule has 5 N–H and O–H groups in total. The third-order valence-corrected chi connectivity index (χ3v) is 1.67. The molecule has 1 heterocycles. The smallest absolute Gasteiger partial charge is 0.412 e. The Bertz CT molecular complexity index is 380. The molecule has 0 aliphatic rings. The normalized spacial score (nSPS) is 9.47. The Morgan fingerprint density at radius 1 is 1.47 bits per heavy atom. The van der Waals surface area contributed by atoms with Gasteiger partial charge in [-0.05, 0) is 0 Å². The van der Waals surface area contributed by atoms with Crippen molar-refractivity contribution in [2.45, 2.75) is 0 Å². The molecule has 7 heteroatoms. The molecule has 0 aromatic carbocycles. The van der Waals surface area contributed by atoms with E-state index in [1.54, 1.807) is 0 Å². The van der Waals surface area contributed by atoms with Gasteiger partial charge in [-0.2, -0.15) is 0 Å². The highest BCUT2D eigenvalue weighted by Crippen LogP contribution is 2.27. The second-order valence-corrected chi connectivity index (χ2v) is 2.63. The van der Waals surface area contributed by atoms with Gasteiger partial charge in [0, 0.05) is 6.07 Å². The minimum atomic E-state index is -0.662. The summed E-state index contributed by atoms with van der Waals surface area (Å²) >= 11 is 0. The van der Waals surface area contributed by atoms with E-state index in [9.17, 15) is 4.79 Å². The molecule has 0 aliphatic carbocycles. The van der Waals surface area contributed by atoms with E-state index in [2.05, 4.69) is 15.0 Å². The van der Waals surface area contributed by atoms with Gasteiger partial charge in [0.25, 0.3) is 0 Å². The van der Waals surface area contributed by atoms with Crippen LogP contribution in [0.2, 0.25) is 0 Å². The first kappa shape index (κ1) is 10.9. The van der Waals surface area contributed by atoms with Gasteiger partial charge in [0.1, 0.15) is 5.82 Å². The lowest BCUT2D eigenvalue weighted by Crippen LogP contribution is -2.14. The van der Waals surface area contributed by atoms with E-state index in [4.69, 9.17) is 16.2 Å². The van der Waals surface area contributed by atoms with Crippen LogP contribution in [0.15, 0.2) is 6.07 Å². The zero-order chi connectivity index (χ0) is 11.4. The van der Waals surface area contributed by atoms with Gasteiger partial charge in [-0.1, -0.05) is 0 Å². The standard InChI is InChI=1S/C8H12N4O3/c1-14-5-3-4(9)6(10)11-7(5)12-8(13)15-2/h3H,9H2,1-2H3,(H3,10,11,12,13). The molecule has 0 radical (unpaired) electrons. The number of nitrogens with two attached hydrogens (primary N) is 2. The third kappa shape index (κ3) is 2.39. The van der Waals surface area contributed by atoms with Crippen LogP contribution in [0.5, 0.6) is 5.75 Å². The summed E-state index contributed by atoms with van der Waals surface area (Å²) in [6.07, 6.45) is -0.662. The van der Waals surface area contributed by atoms with Gasteiger partial charge in [-0.15, -0.1) is 0 Å². The van der Waals surface area contributed by atoms with Gasteiger partial charge >= 0.3 is 6.09 Å². The SMILES string of the molecule is COC(=O)Nc1nc(N)c(N)cc1OC. The number of amides is 1. The number of carbonyl (C=O) groups is 1. The molecule has 0 fully saturated rings. The number of nitrogens with one attached hydrogen (secondary N) is 1. The highest BCUT2D eigenvalue weighted by atomic mass is 16.5. The van der Waals surface area contributed by atoms with Crippen LogP contribution >= 0.6 is 0 Å². The maximum Gasteiger partial charge on any atom is 0.412 e. The van der Waals surface area contributed by atoms with E-state index < -0.39 is 6.09 Å². The van der Waals surface area contributed by atoms with Crippen LogP contribution < -0.4 is 21.5 Å². The Kier molecular flexibility index (Phi) is 3.17. The Morgan fingerprint density at radius 3 is 2.67 bits per heavy atom. The number of ether oxygens (including phenoxy) is 2. The Hall–Kier alpha value is -2.18. The summed E-state index contributed by atoms with van der Waals surface area (Å²) in [4.78, 5) is 14.8. The number of pyridine rings is 1. The van der Waals surface area contributed by atoms with E-state index in [1.807, 2.05) is 0 Å². The van der Waals surface area contributed by atoms with E-state index in [-0.39, 0.29) is 17.3 Å². The fourth-order valence-corrected chi connectivity index (χ4v) is 0.916. The Labute approximate surface area is 86.4 Å². The summed E-state index contributed by atoms with van der Waals surface area (Å²) in [5.74, 6) is 0.588. The molecule has 1 aromatic rings. The van der Waals surface area contributed by atoms with Crippen LogP contribution in [0.3, 0.4) is 0 Å². The summed E-state index contributed by atoms with van der Waals surface area (Å²) in [6, 6.07) is 1.47. The van der Waals surface area contributed by atoms with Crippen LogP contribution in [0, 0.1) is 0 Å². The van der Waals surface area contributed by atoms with E-state index in [0.717, 1.165) is 0 Å². The van der Waals surface area contributed by atoms with Crippen molar-refractivity contribution < 1.29 is 14.3 Å². The fourth-order valence-electron chi connectivity index (χ4n) is 0.916. The molecule has 0 bridgehead atoms. The Balaban J connectivity index is 3.05. The number of rotatable bonds is 2. The minimum Gasteiger partial charge on any atom is -0.493 e. The van der Waals surface area contributed by atoms with E-state index in [0.29, 0.717) is 5.75 Å². The zero-order valence-corrected chi connectivity index (χ0v) is 8.40. The lowest BCUT2D eigenvalue weighted by molar-refractivity contribution is 0.186. The van der Waals surface area contributed by atoms with Crippen molar-refractivity contribution in [2.75, 3.05) is 31.0 Å². The average Bonchev–Trinajstić information content (AvgIpc) is 2.22.